The highest BCUT2D eigenvalue weighted by Gasteiger charge is 2.46. The Morgan fingerprint density at radius 3 is 1.51 bits per heavy atom. The van der Waals surface area contributed by atoms with Gasteiger partial charge in [0, 0.05) is 53.5 Å². The number of nitrogens with one attached hydrogen (secondary N) is 3. The van der Waals surface area contributed by atoms with Crippen LogP contribution in [0.4, 0.5) is 0 Å². The van der Waals surface area contributed by atoms with Crippen molar-refractivity contribution in [2.45, 2.75) is 182 Å². The van der Waals surface area contributed by atoms with E-state index in [9.17, 15) is 38.7 Å². The Morgan fingerprint density at radius 1 is 0.551 bits per heavy atom. The van der Waals surface area contributed by atoms with Gasteiger partial charge in [0.15, 0.2) is 12.1 Å². The minimum atomic E-state index is -1.67. The van der Waals surface area contributed by atoms with Crippen molar-refractivity contribution >= 4 is 53.2 Å². The highest BCUT2D eigenvalue weighted by atomic mass is 16.6. The van der Waals surface area contributed by atoms with Crippen molar-refractivity contribution in [3.8, 4) is 0 Å². The van der Waals surface area contributed by atoms with E-state index in [1.165, 1.54) is 54.7 Å². The number of esters is 1. The van der Waals surface area contributed by atoms with Gasteiger partial charge in [-0.05, 0) is 67.4 Å². The number of likely N-dealkylation sites (N-methyl/N-ethyl adjacent to an activating group) is 4. The first-order valence-electron chi connectivity index (χ1n) is 27.9. The number of hydrogen-bond acceptors (Lipinski definition) is 11. The number of benzene rings is 2. The molecular weight excluding hydrogens is 997 g/mol. The molecule has 432 valence electrons. The summed E-state index contributed by atoms with van der Waals surface area (Å²) >= 11 is 0. The number of aliphatic hydroxyl groups is 1. The minimum Gasteiger partial charge on any atom is -0.450 e. The van der Waals surface area contributed by atoms with Crippen LogP contribution in [0.15, 0.2) is 60.7 Å². The topological polar surface area (TPSA) is 235 Å². The largest absolute Gasteiger partial charge is 0.450 e. The lowest BCUT2D eigenvalue weighted by Gasteiger charge is -2.37. The van der Waals surface area contributed by atoms with Crippen LogP contribution in [-0.4, -0.2) is 178 Å². The van der Waals surface area contributed by atoms with Crippen LogP contribution in [0.5, 0.6) is 0 Å². The molecule has 2 aromatic rings. The number of hydrogen-bond donors (Lipinski definition) is 4. The lowest BCUT2D eigenvalue weighted by atomic mass is 9.94. The van der Waals surface area contributed by atoms with E-state index in [1.807, 2.05) is 57.2 Å². The van der Waals surface area contributed by atoms with E-state index in [1.54, 1.807) is 72.7 Å². The maximum absolute atomic E-state index is 15.3. The highest BCUT2D eigenvalue weighted by molar-refractivity contribution is 5.99. The molecule has 2 saturated heterocycles. The third-order valence-corrected chi connectivity index (χ3v) is 15.6. The first-order chi connectivity index (χ1) is 36.7. The molecule has 0 aliphatic carbocycles. The molecule has 12 atom stereocenters. The van der Waals surface area contributed by atoms with Gasteiger partial charge in [0.1, 0.15) is 42.3 Å². The van der Waals surface area contributed by atoms with Crippen molar-refractivity contribution in [3.63, 3.8) is 0 Å². The fraction of sp³-hybridized carbons (Fsp3) is 0.644. The third-order valence-electron chi connectivity index (χ3n) is 15.6. The molecule has 1 unspecified atom stereocenters. The molecular formula is C59H90N8O11. The van der Waals surface area contributed by atoms with Crippen LogP contribution in [-0.2, 0) is 60.7 Å². The number of amides is 8. The quantitative estimate of drug-likeness (QED) is 0.210. The van der Waals surface area contributed by atoms with Crippen LogP contribution in [0, 0.1) is 29.6 Å². The smallest absolute Gasteiger partial charge is 0.332 e. The zero-order valence-corrected chi connectivity index (χ0v) is 48.9. The van der Waals surface area contributed by atoms with Crippen LogP contribution in [0.2, 0.25) is 0 Å². The maximum atomic E-state index is 15.3. The summed E-state index contributed by atoms with van der Waals surface area (Å²) in [7, 11) is 5.66. The molecule has 8 amide bonds. The molecule has 0 spiro atoms. The second kappa shape index (κ2) is 29.0. The summed E-state index contributed by atoms with van der Waals surface area (Å²) in [5.41, 5.74) is 1.42. The first-order valence-corrected chi connectivity index (χ1v) is 27.9. The van der Waals surface area contributed by atoms with Crippen molar-refractivity contribution in [1.29, 1.82) is 0 Å². The minimum absolute atomic E-state index is 0.00438. The monoisotopic (exact) mass is 1090 g/mol. The summed E-state index contributed by atoms with van der Waals surface area (Å²) in [5.74, 6) is -8.58. The number of ether oxygens (including phenoxy) is 1. The molecule has 2 aliphatic heterocycles. The fourth-order valence-corrected chi connectivity index (χ4v) is 10.7. The van der Waals surface area contributed by atoms with Crippen LogP contribution in [0.3, 0.4) is 0 Å². The average molecular weight is 1090 g/mol. The number of carbonyl (C=O) groups excluding carboxylic acids is 9. The molecule has 2 fully saturated rings. The zero-order valence-electron chi connectivity index (χ0n) is 48.9. The van der Waals surface area contributed by atoms with Gasteiger partial charge in [-0.15, -0.1) is 0 Å². The van der Waals surface area contributed by atoms with E-state index in [0.29, 0.717) is 24.8 Å². The molecule has 2 heterocycles. The molecule has 0 bridgehead atoms. The van der Waals surface area contributed by atoms with Gasteiger partial charge in [0.25, 0.3) is 5.91 Å². The predicted octanol–water partition coefficient (Wildman–Crippen LogP) is 3.98. The van der Waals surface area contributed by atoms with E-state index >= 15 is 9.59 Å². The number of carbonyl (C=O) groups is 9. The van der Waals surface area contributed by atoms with Crippen molar-refractivity contribution in [1.82, 2.24) is 40.4 Å². The number of nitrogens with zero attached hydrogens (tertiary/aromatic N) is 5. The molecule has 4 rings (SSSR count). The van der Waals surface area contributed by atoms with Crippen LogP contribution >= 0.6 is 0 Å². The predicted molar refractivity (Wildman–Crippen MR) is 297 cm³/mol. The standard InChI is InChI=1S/C59H90N8O11/c1-16-37(9)46-57(75)64(13)47(35(5)6)52(70)60-42(31-34(3)4)55(73)66(15)49(39(11)68)59(77)78-50(38(10)17-2)58(76)65(14)48(36(7)8)53(71)61-43(32-40-25-20-18-21-26-40)54(72)63(12)45(33-41-27-22-19-23-28-41)56(74)67-30-24-29-44(67)51(69)62-46/h18-23,25-28,34-39,42-50,68H,16-17,24,29-33H2,1-15H3,(H,60,70)(H,61,71)(H,62,69)/t37-,38-,39-,42-,43-,44?,45-,46-,47-,48-,49+,50+/m0/s1. The third kappa shape index (κ3) is 15.9. The van der Waals surface area contributed by atoms with E-state index in [2.05, 4.69) is 16.0 Å². The van der Waals surface area contributed by atoms with Crippen molar-refractivity contribution in [3.05, 3.63) is 71.8 Å². The SMILES string of the molecule is CC[C@H](C)[C@@H]1NC(=O)C2CCCN2C(=O)[C@H](Cc2ccccc2)N(C)C(=O)[C@H](Cc2ccccc2)NC(=O)[C@H](C(C)C)N(C)C(=O)[C@@H]([C@@H](C)CC)OC(=O)[C@@H]([C@H](C)O)N(C)C(=O)[C@H](CC(C)C)NC(=O)[C@H](C(C)C)N(C)C1=O. The molecule has 0 radical (unpaired) electrons. The second-order valence-corrected chi connectivity index (χ2v) is 22.8. The Hall–Kier alpha value is -6.37. The molecule has 19 nitrogen and oxygen atoms in total. The molecule has 4 N–H and O–H groups in total. The number of cyclic esters (lactones) is 1. The van der Waals surface area contributed by atoms with Gasteiger partial charge in [-0.25, -0.2) is 4.79 Å². The molecule has 0 aromatic heterocycles. The Kier molecular flexibility index (Phi) is 23.9. The summed E-state index contributed by atoms with van der Waals surface area (Å²) in [5, 5.41) is 20.0. The lowest BCUT2D eigenvalue weighted by molar-refractivity contribution is -0.173. The Bertz CT molecular complexity index is 2380. The van der Waals surface area contributed by atoms with Crippen LogP contribution in [0.25, 0.3) is 0 Å². The first kappa shape index (κ1) is 64.2. The van der Waals surface area contributed by atoms with Crippen LogP contribution in [0.1, 0.15) is 119 Å². The van der Waals surface area contributed by atoms with Gasteiger partial charge in [-0.1, -0.05) is 136 Å². The van der Waals surface area contributed by atoms with E-state index < -0.39 is 137 Å². The van der Waals surface area contributed by atoms with Gasteiger partial charge in [-0.3, -0.25) is 38.4 Å². The van der Waals surface area contributed by atoms with E-state index in [4.69, 9.17) is 4.74 Å². The van der Waals surface area contributed by atoms with Gasteiger partial charge < -0.3 is 50.3 Å². The normalized spacial score (nSPS) is 26.9. The van der Waals surface area contributed by atoms with Gasteiger partial charge in [0.2, 0.25) is 41.4 Å². The van der Waals surface area contributed by atoms with Crippen molar-refractivity contribution < 1.29 is 53.0 Å². The zero-order chi connectivity index (χ0) is 58.5. The van der Waals surface area contributed by atoms with Gasteiger partial charge >= 0.3 is 5.97 Å². The fourth-order valence-electron chi connectivity index (χ4n) is 10.7. The summed E-state index contributed by atoms with van der Waals surface area (Å²) in [6.45, 7) is 19.3. The molecule has 2 aliphatic rings. The Labute approximate surface area is 462 Å². The van der Waals surface area contributed by atoms with Crippen molar-refractivity contribution in [2.24, 2.45) is 29.6 Å². The van der Waals surface area contributed by atoms with E-state index in [0.717, 1.165) is 10.5 Å². The average Bonchev–Trinajstić information content (AvgIpc) is 3.91. The maximum Gasteiger partial charge on any atom is 0.332 e. The summed E-state index contributed by atoms with van der Waals surface area (Å²) < 4.78 is 6.03. The second-order valence-electron chi connectivity index (χ2n) is 22.8. The van der Waals surface area contributed by atoms with Gasteiger partial charge in [-0.2, -0.15) is 0 Å². The summed E-state index contributed by atoms with van der Waals surface area (Å²) in [6, 6.07) is 8.20. The Morgan fingerprint density at radius 2 is 1.03 bits per heavy atom. The van der Waals surface area contributed by atoms with E-state index in [-0.39, 0.29) is 38.1 Å². The number of fused-ring (bicyclic) bond motifs is 1. The molecule has 78 heavy (non-hydrogen) atoms. The lowest BCUT2D eigenvalue weighted by Crippen LogP contribution is -2.62. The van der Waals surface area contributed by atoms with Crippen LogP contribution < -0.4 is 16.0 Å². The van der Waals surface area contributed by atoms with Gasteiger partial charge in [0.05, 0.1) is 6.10 Å². The summed E-state index contributed by atoms with van der Waals surface area (Å²) in [6.07, 6.45) is -1.39. The number of rotatable bonds is 13. The number of aliphatic hydroxyl groups excluding tert-OH is 1. The molecule has 2 aromatic carbocycles. The van der Waals surface area contributed by atoms with Crippen molar-refractivity contribution in [2.75, 3.05) is 34.7 Å². The molecule has 19 heteroatoms. The molecule has 0 saturated carbocycles. The highest BCUT2D eigenvalue weighted by Crippen LogP contribution is 2.26. The Balaban J connectivity index is 1.96. The summed E-state index contributed by atoms with van der Waals surface area (Å²) in [4.78, 5) is 140.